The fourth-order valence-corrected chi connectivity index (χ4v) is 1.71. The van der Waals surface area contributed by atoms with E-state index >= 15 is 0 Å². The minimum Gasteiger partial charge on any atom is -0.242 e. The standard InChI is InChI=1S/C9H18N/c1-8(2)7-9-3-5-10-6-4-9/h8-9H,3-7H2,1-2H3. The molecule has 1 radical (unpaired) electrons. The molecule has 1 aliphatic heterocycles. The molecule has 1 heterocycles. The molecule has 59 valence electrons. The lowest BCUT2D eigenvalue weighted by Gasteiger charge is -2.22. The summed E-state index contributed by atoms with van der Waals surface area (Å²) in [6.07, 6.45) is 4.10. The largest absolute Gasteiger partial charge is 0.242 e. The van der Waals surface area contributed by atoms with E-state index in [2.05, 4.69) is 19.2 Å². The Morgan fingerprint density at radius 1 is 1.30 bits per heavy atom. The van der Waals surface area contributed by atoms with Gasteiger partial charge in [0.15, 0.2) is 0 Å². The summed E-state index contributed by atoms with van der Waals surface area (Å²) in [5.41, 5.74) is 0. The molecule has 0 bridgehead atoms. The summed E-state index contributed by atoms with van der Waals surface area (Å²) in [4.78, 5) is 0. The van der Waals surface area contributed by atoms with Crippen molar-refractivity contribution >= 4 is 0 Å². The van der Waals surface area contributed by atoms with Crippen LogP contribution in [0.1, 0.15) is 33.1 Å². The van der Waals surface area contributed by atoms with Gasteiger partial charge in [-0.15, -0.1) is 0 Å². The maximum Gasteiger partial charge on any atom is 0.0136 e. The van der Waals surface area contributed by atoms with Gasteiger partial charge in [-0.2, -0.15) is 0 Å². The molecule has 0 aromatic heterocycles. The first-order valence-corrected chi connectivity index (χ1v) is 4.42. The second-order valence-electron chi connectivity index (χ2n) is 3.74. The van der Waals surface area contributed by atoms with E-state index in [4.69, 9.17) is 0 Å². The van der Waals surface area contributed by atoms with E-state index in [0.29, 0.717) is 0 Å². The number of hydrogen-bond donors (Lipinski definition) is 0. The normalized spacial score (nSPS) is 21.9. The summed E-state index contributed by atoms with van der Waals surface area (Å²) in [5.74, 6) is 1.86. The fraction of sp³-hybridized carbons (Fsp3) is 1.00. The van der Waals surface area contributed by atoms with Gasteiger partial charge in [-0.1, -0.05) is 13.8 Å². The summed E-state index contributed by atoms with van der Waals surface area (Å²) >= 11 is 0. The second kappa shape index (κ2) is 3.97. The van der Waals surface area contributed by atoms with Crippen LogP contribution in [0.3, 0.4) is 0 Å². The van der Waals surface area contributed by atoms with Crippen LogP contribution in [0.5, 0.6) is 0 Å². The molecule has 1 fully saturated rings. The van der Waals surface area contributed by atoms with Crippen molar-refractivity contribution in [1.82, 2.24) is 5.32 Å². The molecule has 0 aromatic carbocycles. The molecule has 1 aliphatic rings. The van der Waals surface area contributed by atoms with Gasteiger partial charge in [0.1, 0.15) is 0 Å². The molecule has 0 amide bonds. The van der Waals surface area contributed by atoms with Crippen molar-refractivity contribution in [3.63, 3.8) is 0 Å². The van der Waals surface area contributed by atoms with Crippen LogP contribution in [-0.4, -0.2) is 13.1 Å². The van der Waals surface area contributed by atoms with E-state index in [1.54, 1.807) is 0 Å². The third-order valence-corrected chi connectivity index (χ3v) is 2.20. The van der Waals surface area contributed by atoms with Crippen molar-refractivity contribution in [2.45, 2.75) is 33.1 Å². The van der Waals surface area contributed by atoms with Crippen molar-refractivity contribution in [2.24, 2.45) is 11.8 Å². The number of rotatable bonds is 2. The summed E-state index contributed by atoms with van der Waals surface area (Å²) in [5, 5.41) is 4.33. The Balaban J connectivity index is 2.13. The van der Waals surface area contributed by atoms with Crippen molar-refractivity contribution in [1.29, 1.82) is 0 Å². The van der Waals surface area contributed by atoms with Crippen LogP contribution in [0.25, 0.3) is 0 Å². The van der Waals surface area contributed by atoms with E-state index in [1.807, 2.05) is 0 Å². The van der Waals surface area contributed by atoms with Gasteiger partial charge in [0.25, 0.3) is 0 Å². The molecular formula is C9H18N. The highest BCUT2D eigenvalue weighted by Crippen LogP contribution is 2.20. The topological polar surface area (TPSA) is 14.1 Å². The Labute approximate surface area is 64.2 Å². The Morgan fingerprint density at radius 3 is 2.40 bits per heavy atom. The van der Waals surface area contributed by atoms with Crippen LogP contribution in [0.2, 0.25) is 0 Å². The van der Waals surface area contributed by atoms with Crippen LogP contribution in [0, 0.1) is 11.8 Å². The van der Waals surface area contributed by atoms with E-state index in [1.165, 1.54) is 19.3 Å². The van der Waals surface area contributed by atoms with Crippen molar-refractivity contribution < 1.29 is 0 Å². The third kappa shape index (κ3) is 2.70. The SMILES string of the molecule is CC(C)CC1CC[N]CC1. The van der Waals surface area contributed by atoms with Gasteiger partial charge in [-0.3, -0.25) is 0 Å². The molecule has 0 aliphatic carbocycles. The molecule has 0 N–H and O–H groups in total. The molecular weight excluding hydrogens is 122 g/mol. The minimum atomic E-state index is 0.878. The van der Waals surface area contributed by atoms with Gasteiger partial charge < -0.3 is 0 Å². The zero-order valence-corrected chi connectivity index (χ0v) is 7.14. The average molecular weight is 140 g/mol. The van der Waals surface area contributed by atoms with Crippen LogP contribution in [0.15, 0.2) is 0 Å². The third-order valence-electron chi connectivity index (χ3n) is 2.20. The van der Waals surface area contributed by atoms with Gasteiger partial charge in [0.05, 0.1) is 0 Å². The lowest BCUT2D eigenvalue weighted by Crippen LogP contribution is -2.23. The van der Waals surface area contributed by atoms with Gasteiger partial charge in [0.2, 0.25) is 0 Å². The first-order valence-electron chi connectivity index (χ1n) is 4.42. The zero-order valence-electron chi connectivity index (χ0n) is 7.14. The summed E-state index contributed by atoms with van der Waals surface area (Å²) in [6.45, 7) is 6.87. The van der Waals surface area contributed by atoms with Crippen LogP contribution < -0.4 is 5.32 Å². The minimum absolute atomic E-state index is 0.878. The average Bonchev–Trinajstić information content (AvgIpc) is 1.88. The molecule has 1 saturated heterocycles. The van der Waals surface area contributed by atoms with E-state index in [0.717, 1.165) is 24.9 Å². The monoisotopic (exact) mass is 140 g/mol. The quantitative estimate of drug-likeness (QED) is 0.557. The zero-order chi connectivity index (χ0) is 7.40. The lowest BCUT2D eigenvalue weighted by molar-refractivity contribution is 0.315. The predicted octanol–water partition coefficient (Wildman–Crippen LogP) is 2.05. The first kappa shape index (κ1) is 8.06. The van der Waals surface area contributed by atoms with Crippen molar-refractivity contribution in [2.75, 3.05) is 13.1 Å². The Bertz CT molecular complexity index is 82.7. The molecule has 1 nitrogen and oxygen atoms in total. The Morgan fingerprint density at radius 2 is 1.90 bits per heavy atom. The Hall–Kier alpha value is -0.0400. The van der Waals surface area contributed by atoms with Crippen LogP contribution in [-0.2, 0) is 0 Å². The predicted molar refractivity (Wildman–Crippen MR) is 44.0 cm³/mol. The fourth-order valence-electron chi connectivity index (χ4n) is 1.71. The highest BCUT2D eigenvalue weighted by atomic mass is 14.9. The molecule has 0 saturated carbocycles. The van der Waals surface area contributed by atoms with Gasteiger partial charge in [-0.25, -0.2) is 5.32 Å². The molecule has 0 spiro atoms. The second-order valence-corrected chi connectivity index (χ2v) is 3.74. The van der Waals surface area contributed by atoms with Crippen LogP contribution in [0.4, 0.5) is 0 Å². The molecule has 1 rings (SSSR count). The maximum atomic E-state index is 4.33. The van der Waals surface area contributed by atoms with E-state index < -0.39 is 0 Å². The van der Waals surface area contributed by atoms with Gasteiger partial charge in [-0.05, 0) is 31.1 Å². The highest BCUT2D eigenvalue weighted by molar-refractivity contribution is 4.68. The number of nitrogens with zero attached hydrogens (tertiary/aromatic N) is 1. The molecule has 0 unspecified atom stereocenters. The molecule has 10 heavy (non-hydrogen) atoms. The summed E-state index contributed by atoms with van der Waals surface area (Å²) < 4.78 is 0. The van der Waals surface area contributed by atoms with Gasteiger partial charge >= 0.3 is 0 Å². The summed E-state index contributed by atoms with van der Waals surface area (Å²) in [7, 11) is 0. The Kier molecular flexibility index (Phi) is 3.20. The van der Waals surface area contributed by atoms with E-state index in [9.17, 15) is 0 Å². The van der Waals surface area contributed by atoms with Crippen LogP contribution >= 0.6 is 0 Å². The van der Waals surface area contributed by atoms with Crippen molar-refractivity contribution in [3.8, 4) is 0 Å². The summed E-state index contributed by atoms with van der Waals surface area (Å²) in [6, 6.07) is 0. The first-order chi connectivity index (χ1) is 4.79. The lowest BCUT2D eigenvalue weighted by atomic mass is 9.89. The molecule has 0 aromatic rings. The van der Waals surface area contributed by atoms with Gasteiger partial charge in [0, 0.05) is 13.1 Å². The number of piperidine rings is 1. The molecule has 1 heteroatoms. The van der Waals surface area contributed by atoms with E-state index in [-0.39, 0.29) is 0 Å². The smallest absolute Gasteiger partial charge is 0.0136 e. The molecule has 0 atom stereocenters. The van der Waals surface area contributed by atoms with Crippen molar-refractivity contribution in [3.05, 3.63) is 0 Å². The highest BCUT2D eigenvalue weighted by Gasteiger charge is 2.14. The number of hydrogen-bond acceptors (Lipinski definition) is 0. The maximum absolute atomic E-state index is 4.33.